The molecule has 0 aliphatic heterocycles. The second kappa shape index (κ2) is 8.58. The summed E-state index contributed by atoms with van der Waals surface area (Å²) in [5, 5.41) is 3.61. The standard InChI is InChI=1S/C19H26N2/c1-3-8-16-9-7-10-17(15-16)19(20-4-2)13-12-18-11-5-6-14-21-18/h5-7,9-11,14-15,19-20H,3-4,8,12-13H2,1-2H3. The van der Waals surface area contributed by atoms with E-state index < -0.39 is 0 Å². The van der Waals surface area contributed by atoms with Crippen LogP contribution in [0.25, 0.3) is 0 Å². The van der Waals surface area contributed by atoms with E-state index in [9.17, 15) is 0 Å². The highest BCUT2D eigenvalue weighted by Crippen LogP contribution is 2.20. The highest BCUT2D eigenvalue weighted by molar-refractivity contribution is 5.26. The molecule has 112 valence electrons. The third-order valence-electron chi connectivity index (χ3n) is 3.76. The molecule has 1 N–H and O–H groups in total. The summed E-state index contributed by atoms with van der Waals surface area (Å²) < 4.78 is 0. The van der Waals surface area contributed by atoms with E-state index in [0.717, 1.165) is 25.8 Å². The molecule has 1 heterocycles. The molecule has 2 heteroatoms. The molecule has 0 bridgehead atoms. The minimum absolute atomic E-state index is 0.411. The Bertz CT molecular complexity index is 522. The van der Waals surface area contributed by atoms with Crippen molar-refractivity contribution in [2.75, 3.05) is 6.54 Å². The molecule has 2 aromatic rings. The topological polar surface area (TPSA) is 24.9 Å². The molecule has 0 spiro atoms. The number of hydrogen-bond acceptors (Lipinski definition) is 2. The van der Waals surface area contributed by atoms with E-state index in [4.69, 9.17) is 0 Å². The molecule has 1 unspecified atom stereocenters. The largest absolute Gasteiger partial charge is 0.310 e. The lowest BCUT2D eigenvalue weighted by atomic mass is 9.97. The number of benzene rings is 1. The van der Waals surface area contributed by atoms with Gasteiger partial charge in [-0.25, -0.2) is 0 Å². The normalized spacial score (nSPS) is 12.3. The summed E-state index contributed by atoms with van der Waals surface area (Å²) in [5.41, 5.74) is 4.01. The summed E-state index contributed by atoms with van der Waals surface area (Å²) >= 11 is 0. The maximum Gasteiger partial charge on any atom is 0.0404 e. The van der Waals surface area contributed by atoms with Gasteiger partial charge in [-0.1, -0.05) is 50.6 Å². The fraction of sp³-hybridized carbons (Fsp3) is 0.421. The molecule has 0 aliphatic carbocycles. The summed E-state index contributed by atoms with van der Waals surface area (Å²) in [6.07, 6.45) is 6.33. The summed E-state index contributed by atoms with van der Waals surface area (Å²) in [4.78, 5) is 4.42. The molecule has 0 radical (unpaired) electrons. The van der Waals surface area contributed by atoms with E-state index in [1.54, 1.807) is 0 Å². The van der Waals surface area contributed by atoms with Crippen LogP contribution >= 0.6 is 0 Å². The Kier molecular flexibility index (Phi) is 6.42. The van der Waals surface area contributed by atoms with Gasteiger partial charge in [-0.2, -0.15) is 0 Å². The van der Waals surface area contributed by atoms with Gasteiger partial charge >= 0.3 is 0 Å². The van der Waals surface area contributed by atoms with Crippen molar-refractivity contribution in [1.29, 1.82) is 0 Å². The second-order valence-electron chi connectivity index (χ2n) is 5.47. The molecule has 21 heavy (non-hydrogen) atoms. The van der Waals surface area contributed by atoms with Crippen molar-refractivity contribution in [2.45, 2.75) is 45.6 Å². The van der Waals surface area contributed by atoms with Crippen molar-refractivity contribution >= 4 is 0 Å². The van der Waals surface area contributed by atoms with Crippen LogP contribution in [0.1, 0.15) is 49.6 Å². The van der Waals surface area contributed by atoms with Crippen molar-refractivity contribution in [3.63, 3.8) is 0 Å². The first-order valence-corrected chi connectivity index (χ1v) is 8.05. The molecular formula is C19H26N2. The molecular weight excluding hydrogens is 256 g/mol. The number of rotatable bonds is 8. The molecule has 0 amide bonds. The monoisotopic (exact) mass is 282 g/mol. The Morgan fingerprint density at radius 3 is 2.67 bits per heavy atom. The Hall–Kier alpha value is -1.67. The summed E-state index contributed by atoms with van der Waals surface area (Å²) in [5.74, 6) is 0. The molecule has 2 nitrogen and oxygen atoms in total. The summed E-state index contributed by atoms with van der Waals surface area (Å²) in [7, 11) is 0. The summed E-state index contributed by atoms with van der Waals surface area (Å²) in [6.45, 7) is 5.39. The lowest BCUT2D eigenvalue weighted by Gasteiger charge is -2.19. The summed E-state index contributed by atoms with van der Waals surface area (Å²) in [6, 6.07) is 15.6. The van der Waals surface area contributed by atoms with Crippen LogP contribution in [-0.4, -0.2) is 11.5 Å². The number of hydrogen-bond donors (Lipinski definition) is 1. The molecule has 2 rings (SSSR count). The highest BCUT2D eigenvalue weighted by Gasteiger charge is 2.11. The van der Waals surface area contributed by atoms with Gasteiger partial charge in [0.25, 0.3) is 0 Å². The van der Waals surface area contributed by atoms with Gasteiger partial charge in [0.2, 0.25) is 0 Å². The van der Waals surface area contributed by atoms with Crippen LogP contribution < -0.4 is 5.32 Å². The number of nitrogens with zero attached hydrogens (tertiary/aromatic N) is 1. The van der Waals surface area contributed by atoms with Crippen molar-refractivity contribution in [2.24, 2.45) is 0 Å². The Labute approximate surface area is 128 Å². The van der Waals surface area contributed by atoms with Crippen LogP contribution in [0.2, 0.25) is 0 Å². The molecule has 0 aliphatic rings. The number of nitrogens with one attached hydrogen (secondary N) is 1. The van der Waals surface area contributed by atoms with Gasteiger partial charge in [0.1, 0.15) is 0 Å². The third-order valence-corrected chi connectivity index (χ3v) is 3.76. The van der Waals surface area contributed by atoms with Gasteiger partial charge in [-0.3, -0.25) is 4.98 Å². The van der Waals surface area contributed by atoms with Crippen LogP contribution in [0.5, 0.6) is 0 Å². The number of pyridine rings is 1. The first-order chi connectivity index (χ1) is 10.3. The van der Waals surface area contributed by atoms with Crippen LogP contribution in [-0.2, 0) is 12.8 Å². The van der Waals surface area contributed by atoms with Gasteiger partial charge in [0, 0.05) is 17.9 Å². The first kappa shape index (κ1) is 15.7. The van der Waals surface area contributed by atoms with E-state index in [1.165, 1.54) is 23.2 Å². The van der Waals surface area contributed by atoms with Crippen LogP contribution in [0.15, 0.2) is 48.7 Å². The molecule has 0 saturated heterocycles. The van der Waals surface area contributed by atoms with Gasteiger partial charge in [-0.05, 0) is 49.1 Å². The molecule has 0 saturated carbocycles. The quantitative estimate of drug-likeness (QED) is 0.780. The van der Waals surface area contributed by atoms with E-state index >= 15 is 0 Å². The highest BCUT2D eigenvalue weighted by atomic mass is 14.9. The Balaban J connectivity index is 2.05. The predicted molar refractivity (Wildman–Crippen MR) is 89.4 cm³/mol. The third kappa shape index (κ3) is 4.98. The maximum absolute atomic E-state index is 4.42. The maximum atomic E-state index is 4.42. The first-order valence-electron chi connectivity index (χ1n) is 8.05. The Morgan fingerprint density at radius 1 is 1.05 bits per heavy atom. The van der Waals surface area contributed by atoms with Gasteiger partial charge in [-0.15, -0.1) is 0 Å². The zero-order valence-corrected chi connectivity index (χ0v) is 13.2. The molecule has 0 fully saturated rings. The lowest BCUT2D eigenvalue weighted by molar-refractivity contribution is 0.512. The van der Waals surface area contributed by atoms with Gasteiger partial charge < -0.3 is 5.32 Å². The Morgan fingerprint density at radius 2 is 1.95 bits per heavy atom. The number of aromatic nitrogens is 1. The zero-order valence-electron chi connectivity index (χ0n) is 13.2. The van der Waals surface area contributed by atoms with E-state index in [0.29, 0.717) is 6.04 Å². The molecule has 1 atom stereocenters. The molecule has 1 aromatic heterocycles. The average Bonchev–Trinajstić information content (AvgIpc) is 2.53. The van der Waals surface area contributed by atoms with E-state index in [2.05, 4.69) is 60.5 Å². The van der Waals surface area contributed by atoms with Gasteiger partial charge in [0.05, 0.1) is 0 Å². The van der Waals surface area contributed by atoms with Crippen LogP contribution in [0, 0.1) is 0 Å². The fourth-order valence-electron chi connectivity index (χ4n) is 2.73. The van der Waals surface area contributed by atoms with Crippen molar-refractivity contribution in [1.82, 2.24) is 10.3 Å². The average molecular weight is 282 g/mol. The van der Waals surface area contributed by atoms with Gasteiger partial charge in [0.15, 0.2) is 0 Å². The minimum atomic E-state index is 0.411. The molecule has 1 aromatic carbocycles. The van der Waals surface area contributed by atoms with Crippen molar-refractivity contribution in [3.05, 3.63) is 65.5 Å². The SMILES string of the molecule is CCCc1cccc(C(CCc2ccccn2)NCC)c1. The van der Waals surface area contributed by atoms with E-state index in [-0.39, 0.29) is 0 Å². The zero-order chi connectivity index (χ0) is 14.9. The lowest BCUT2D eigenvalue weighted by Crippen LogP contribution is -2.21. The smallest absolute Gasteiger partial charge is 0.0404 e. The van der Waals surface area contributed by atoms with Crippen LogP contribution in [0.3, 0.4) is 0 Å². The minimum Gasteiger partial charge on any atom is -0.310 e. The van der Waals surface area contributed by atoms with Crippen molar-refractivity contribution < 1.29 is 0 Å². The fourth-order valence-corrected chi connectivity index (χ4v) is 2.73. The van der Waals surface area contributed by atoms with E-state index in [1.807, 2.05) is 12.3 Å². The predicted octanol–water partition coefficient (Wildman–Crippen LogP) is 4.32. The van der Waals surface area contributed by atoms with Crippen LogP contribution in [0.4, 0.5) is 0 Å². The van der Waals surface area contributed by atoms with Crippen molar-refractivity contribution in [3.8, 4) is 0 Å². The second-order valence-corrected chi connectivity index (χ2v) is 5.47. The number of aryl methyl sites for hydroxylation is 2.